The predicted molar refractivity (Wildman–Crippen MR) is 93.6 cm³/mol. The van der Waals surface area contributed by atoms with Crippen molar-refractivity contribution in [2.24, 2.45) is 0 Å². The van der Waals surface area contributed by atoms with Crippen LogP contribution in [-0.2, 0) is 14.8 Å². The van der Waals surface area contributed by atoms with E-state index in [2.05, 4.69) is 0 Å². The van der Waals surface area contributed by atoms with Crippen LogP contribution in [0.15, 0.2) is 53.4 Å². The van der Waals surface area contributed by atoms with Gasteiger partial charge in [0.05, 0.1) is 17.7 Å². The normalized spacial score (nSPS) is 16.5. The second-order valence-corrected chi connectivity index (χ2v) is 7.77. The Morgan fingerprint density at radius 3 is 2.60 bits per heavy atom. The molecule has 0 fully saturated rings. The van der Waals surface area contributed by atoms with E-state index >= 15 is 0 Å². The summed E-state index contributed by atoms with van der Waals surface area (Å²) in [6.45, 7) is 0.229. The Hall–Kier alpha value is -2.54. The zero-order chi connectivity index (χ0) is 18.0. The molecule has 1 heterocycles. The molecular formula is C18H19NO5S. The Morgan fingerprint density at radius 2 is 1.96 bits per heavy atom. The highest BCUT2D eigenvalue weighted by atomic mass is 32.2. The van der Waals surface area contributed by atoms with E-state index in [9.17, 15) is 13.2 Å². The minimum Gasteiger partial charge on any atom is -0.497 e. The topological polar surface area (TPSA) is 83.9 Å². The van der Waals surface area contributed by atoms with Gasteiger partial charge in [0.2, 0.25) is 0 Å². The van der Waals surface area contributed by atoms with Gasteiger partial charge in [0.1, 0.15) is 5.75 Å². The van der Waals surface area contributed by atoms with Gasteiger partial charge in [-0.25, -0.2) is 8.42 Å². The molecule has 0 saturated carbocycles. The van der Waals surface area contributed by atoms with Crippen molar-refractivity contribution in [1.29, 1.82) is 0 Å². The Labute approximate surface area is 146 Å². The van der Waals surface area contributed by atoms with E-state index in [1.807, 2.05) is 0 Å². The molecule has 132 valence electrons. The van der Waals surface area contributed by atoms with Gasteiger partial charge in [-0.3, -0.25) is 9.10 Å². The van der Waals surface area contributed by atoms with Crippen molar-refractivity contribution < 1.29 is 23.1 Å². The second-order valence-electron chi connectivity index (χ2n) is 5.90. The summed E-state index contributed by atoms with van der Waals surface area (Å²) in [6, 6.07) is 13.5. The first-order chi connectivity index (χ1) is 11.9. The Bertz CT molecular complexity index is 880. The van der Waals surface area contributed by atoms with E-state index in [1.165, 1.54) is 4.31 Å². The van der Waals surface area contributed by atoms with Gasteiger partial charge in [0, 0.05) is 18.9 Å². The van der Waals surface area contributed by atoms with Crippen molar-refractivity contribution in [2.75, 3.05) is 18.0 Å². The summed E-state index contributed by atoms with van der Waals surface area (Å²) >= 11 is 0. The Kier molecular flexibility index (Phi) is 4.67. The number of carboxylic acid groups (broad SMARTS) is 1. The summed E-state index contributed by atoms with van der Waals surface area (Å²) in [5, 5.41) is 8.97. The second kappa shape index (κ2) is 6.76. The molecule has 1 aliphatic heterocycles. The average molecular weight is 361 g/mol. The first-order valence-electron chi connectivity index (χ1n) is 7.91. The lowest BCUT2D eigenvalue weighted by atomic mass is 9.96. The Morgan fingerprint density at radius 1 is 1.24 bits per heavy atom. The fourth-order valence-corrected chi connectivity index (χ4v) is 4.66. The minimum absolute atomic E-state index is 0.0134. The lowest BCUT2D eigenvalue weighted by Gasteiger charge is -2.20. The van der Waals surface area contributed by atoms with Gasteiger partial charge in [-0.1, -0.05) is 18.2 Å². The lowest BCUT2D eigenvalue weighted by molar-refractivity contribution is -0.137. The Balaban J connectivity index is 2.01. The molecule has 2 aromatic carbocycles. The number of nitrogens with zero attached hydrogens (tertiary/aromatic N) is 1. The van der Waals surface area contributed by atoms with Crippen molar-refractivity contribution in [3.8, 4) is 5.75 Å². The predicted octanol–water partition coefficient (Wildman–Crippen LogP) is 2.85. The average Bonchev–Trinajstić information content (AvgIpc) is 2.99. The molecule has 1 aliphatic rings. The highest BCUT2D eigenvalue weighted by Crippen LogP contribution is 2.43. The fraction of sp³-hybridized carbons (Fsp3) is 0.278. The van der Waals surface area contributed by atoms with E-state index in [4.69, 9.17) is 9.84 Å². The molecule has 6 nitrogen and oxygen atoms in total. The van der Waals surface area contributed by atoms with Crippen LogP contribution in [0.25, 0.3) is 0 Å². The van der Waals surface area contributed by atoms with Crippen LogP contribution in [0.4, 0.5) is 5.69 Å². The van der Waals surface area contributed by atoms with Crippen LogP contribution in [0, 0.1) is 0 Å². The van der Waals surface area contributed by atoms with Crippen LogP contribution in [0.2, 0.25) is 0 Å². The number of fused-ring (bicyclic) bond motifs is 1. The zero-order valence-electron chi connectivity index (χ0n) is 13.8. The first kappa shape index (κ1) is 17.3. The molecule has 1 atom stereocenters. The van der Waals surface area contributed by atoms with Gasteiger partial charge < -0.3 is 9.84 Å². The highest BCUT2D eigenvalue weighted by Gasteiger charge is 2.36. The quantitative estimate of drug-likeness (QED) is 0.855. The van der Waals surface area contributed by atoms with Gasteiger partial charge in [-0.15, -0.1) is 0 Å². The summed E-state index contributed by atoms with van der Waals surface area (Å²) in [5.41, 5.74) is 1.39. The van der Waals surface area contributed by atoms with Gasteiger partial charge in [0.15, 0.2) is 0 Å². The van der Waals surface area contributed by atoms with E-state index in [0.717, 1.165) is 5.56 Å². The molecule has 1 unspecified atom stereocenters. The SMILES string of the molecule is COc1ccc2c(c1)C(CCC(=O)O)CN2S(=O)(=O)c1ccccc1. The minimum atomic E-state index is -3.70. The van der Waals surface area contributed by atoms with Crippen LogP contribution in [0.1, 0.15) is 24.3 Å². The molecule has 7 heteroatoms. The van der Waals surface area contributed by atoms with Crippen molar-refractivity contribution in [2.45, 2.75) is 23.7 Å². The molecule has 1 N–H and O–H groups in total. The molecule has 0 bridgehead atoms. The molecule has 0 aromatic heterocycles. The van der Waals surface area contributed by atoms with Gasteiger partial charge in [-0.05, 0) is 42.3 Å². The molecule has 0 spiro atoms. The largest absolute Gasteiger partial charge is 0.497 e. The van der Waals surface area contributed by atoms with E-state index in [1.54, 1.807) is 55.6 Å². The number of anilines is 1. The smallest absolute Gasteiger partial charge is 0.303 e. The van der Waals surface area contributed by atoms with Crippen molar-refractivity contribution in [3.05, 3.63) is 54.1 Å². The molecule has 0 amide bonds. The first-order valence-corrected chi connectivity index (χ1v) is 9.35. The van der Waals surface area contributed by atoms with Crippen LogP contribution >= 0.6 is 0 Å². The van der Waals surface area contributed by atoms with Crippen LogP contribution < -0.4 is 9.04 Å². The van der Waals surface area contributed by atoms with Gasteiger partial charge in [-0.2, -0.15) is 0 Å². The number of methoxy groups -OCH3 is 1. The van der Waals surface area contributed by atoms with E-state index in [0.29, 0.717) is 17.9 Å². The van der Waals surface area contributed by atoms with Crippen molar-refractivity contribution in [1.82, 2.24) is 0 Å². The highest BCUT2D eigenvalue weighted by molar-refractivity contribution is 7.92. The van der Waals surface area contributed by atoms with Crippen molar-refractivity contribution >= 4 is 21.7 Å². The third-order valence-corrected chi connectivity index (χ3v) is 6.16. The third-order valence-electron chi connectivity index (χ3n) is 4.37. The summed E-state index contributed by atoms with van der Waals surface area (Å²) in [6.07, 6.45) is 0.358. The number of sulfonamides is 1. The standard InChI is InChI=1S/C18H19NO5S/c1-24-14-8-9-17-16(11-14)13(7-10-18(20)21)12-19(17)25(22,23)15-5-3-2-4-6-15/h2-6,8-9,11,13H,7,10,12H2,1H3,(H,20,21). The summed E-state index contributed by atoms with van der Waals surface area (Å²) in [4.78, 5) is 11.2. The molecule has 25 heavy (non-hydrogen) atoms. The number of benzene rings is 2. The summed E-state index contributed by atoms with van der Waals surface area (Å²) < 4.78 is 32.6. The maximum atomic E-state index is 13.0. The summed E-state index contributed by atoms with van der Waals surface area (Å²) in [5.74, 6) is -0.452. The van der Waals surface area contributed by atoms with Crippen molar-refractivity contribution in [3.63, 3.8) is 0 Å². The number of hydrogen-bond donors (Lipinski definition) is 1. The molecule has 2 aromatic rings. The molecule has 0 radical (unpaired) electrons. The van der Waals surface area contributed by atoms with Gasteiger partial charge in [0.25, 0.3) is 10.0 Å². The monoisotopic (exact) mass is 361 g/mol. The fourth-order valence-electron chi connectivity index (χ4n) is 3.10. The number of ether oxygens (including phenoxy) is 1. The maximum absolute atomic E-state index is 13.0. The lowest BCUT2D eigenvalue weighted by Crippen LogP contribution is -2.30. The molecule has 3 rings (SSSR count). The van der Waals surface area contributed by atoms with Crippen LogP contribution in [0.3, 0.4) is 0 Å². The summed E-state index contributed by atoms with van der Waals surface area (Å²) in [7, 11) is -2.15. The number of hydrogen-bond acceptors (Lipinski definition) is 4. The third kappa shape index (κ3) is 3.32. The zero-order valence-corrected chi connectivity index (χ0v) is 14.6. The molecule has 0 saturated heterocycles. The van der Waals surface area contributed by atoms with E-state index < -0.39 is 16.0 Å². The number of carboxylic acids is 1. The molecular weight excluding hydrogens is 342 g/mol. The van der Waals surface area contributed by atoms with Gasteiger partial charge >= 0.3 is 5.97 Å². The van der Waals surface area contributed by atoms with Crippen LogP contribution in [0.5, 0.6) is 5.75 Å². The van der Waals surface area contributed by atoms with E-state index in [-0.39, 0.29) is 23.8 Å². The number of rotatable bonds is 6. The number of aliphatic carboxylic acids is 1. The molecule has 0 aliphatic carbocycles. The number of carbonyl (C=O) groups is 1. The maximum Gasteiger partial charge on any atom is 0.303 e. The van der Waals surface area contributed by atoms with Crippen LogP contribution in [-0.4, -0.2) is 33.1 Å².